The van der Waals surface area contributed by atoms with E-state index in [9.17, 15) is 0 Å². The molecule has 0 spiro atoms. The third-order valence-corrected chi connectivity index (χ3v) is 4.85. The van der Waals surface area contributed by atoms with Crippen LogP contribution < -0.4 is 5.46 Å². The van der Waals surface area contributed by atoms with E-state index in [1.165, 1.54) is 38.8 Å². The van der Waals surface area contributed by atoms with Crippen molar-refractivity contribution in [3.8, 4) is 22.3 Å². The van der Waals surface area contributed by atoms with Crippen LogP contribution in [-0.2, 0) is 5.41 Å². The van der Waals surface area contributed by atoms with Gasteiger partial charge in [-0.15, -0.1) is 0 Å². The zero-order chi connectivity index (χ0) is 15.3. The summed E-state index contributed by atoms with van der Waals surface area (Å²) in [6.45, 7) is 4.65. The highest BCUT2D eigenvalue weighted by atomic mass is 14.6. The number of hydrogen-bond donors (Lipinski definition) is 0. The van der Waals surface area contributed by atoms with Gasteiger partial charge in [0.2, 0.25) is 0 Å². The van der Waals surface area contributed by atoms with Gasteiger partial charge in [0.1, 0.15) is 7.85 Å². The van der Waals surface area contributed by atoms with Crippen molar-refractivity contribution in [1.29, 1.82) is 0 Å². The van der Waals surface area contributed by atoms with Crippen LogP contribution in [0.15, 0.2) is 60.9 Å². The number of pyridine rings is 1. The van der Waals surface area contributed by atoms with E-state index in [1.807, 2.05) is 12.4 Å². The highest BCUT2D eigenvalue weighted by Crippen LogP contribution is 2.49. The quantitative estimate of drug-likeness (QED) is 0.624. The average Bonchev–Trinajstić information content (AvgIpc) is 2.76. The van der Waals surface area contributed by atoms with Gasteiger partial charge in [-0.3, -0.25) is 4.98 Å². The van der Waals surface area contributed by atoms with E-state index in [2.05, 4.69) is 75.2 Å². The minimum atomic E-state index is 0.0553. The van der Waals surface area contributed by atoms with Gasteiger partial charge < -0.3 is 0 Å². The van der Waals surface area contributed by atoms with Gasteiger partial charge in [0.15, 0.2) is 0 Å². The number of aromatic nitrogens is 1. The molecule has 0 radical (unpaired) electrons. The van der Waals surface area contributed by atoms with Gasteiger partial charge in [-0.25, -0.2) is 0 Å². The molecule has 3 aromatic rings. The molecule has 0 saturated heterocycles. The van der Waals surface area contributed by atoms with Crippen LogP contribution in [0.25, 0.3) is 22.3 Å². The SMILES string of the molecule is Bc1ccc2c(c1)C(C)(C)c1cc(-c3ccncc3)ccc1-2. The average molecular weight is 283 g/mol. The Morgan fingerprint density at radius 3 is 2.14 bits per heavy atom. The Morgan fingerprint density at radius 1 is 0.773 bits per heavy atom. The van der Waals surface area contributed by atoms with Gasteiger partial charge >= 0.3 is 0 Å². The van der Waals surface area contributed by atoms with Gasteiger partial charge in [0.05, 0.1) is 0 Å². The number of rotatable bonds is 1. The summed E-state index contributed by atoms with van der Waals surface area (Å²) < 4.78 is 0. The molecule has 2 aromatic carbocycles. The summed E-state index contributed by atoms with van der Waals surface area (Å²) >= 11 is 0. The van der Waals surface area contributed by atoms with Crippen LogP contribution in [0.3, 0.4) is 0 Å². The predicted octanol–water partition coefficient (Wildman–Crippen LogP) is 3.31. The molecular weight excluding hydrogens is 265 g/mol. The Kier molecular flexibility index (Phi) is 2.77. The number of nitrogens with zero attached hydrogens (tertiary/aromatic N) is 1. The molecule has 0 saturated carbocycles. The third kappa shape index (κ3) is 1.84. The second-order valence-corrected chi connectivity index (χ2v) is 6.67. The molecule has 1 aromatic heterocycles. The fourth-order valence-corrected chi connectivity index (χ4v) is 3.58. The first-order chi connectivity index (χ1) is 10.6. The molecule has 0 bridgehead atoms. The van der Waals surface area contributed by atoms with Crippen LogP contribution in [0.5, 0.6) is 0 Å². The number of hydrogen-bond acceptors (Lipinski definition) is 1. The summed E-state index contributed by atoms with van der Waals surface area (Å²) in [6, 6.07) is 17.8. The van der Waals surface area contributed by atoms with Gasteiger partial charge in [-0.2, -0.15) is 0 Å². The Hall–Kier alpha value is -2.35. The second kappa shape index (κ2) is 4.57. The van der Waals surface area contributed by atoms with E-state index in [0.717, 1.165) is 0 Å². The summed E-state index contributed by atoms with van der Waals surface area (Å²) in [5, 5.41) is 0. The minimum Gasteiger partial charge on any atom is -0.265 e. The molecule has 0 atom stereocenters. The first-order valence-electron chi connectivity index (χ1n) is 7.74. The van der Waals surface area contributed by atoms with Crippen molar-refractivity contribution in [3.63, 3.8) is 0 Å². The van der Waals surface area contributed by atoms with Crippen molar-refractivity contribution in [1.82, 2.24) is 4.98 Å². The molecule has 0 N–H and O–H groups in total. The number of benzene rings is 2. The van der Waals surface area contributed by atoms with Gasteiger partial charge in [-0.1, -0.05) is 49.6 Å². The lowest BCUT2D eigenvalue weighted by Gasteiger charge is -2.22. The fraction of sp³-hybridized carbons (Fsp3) is 0.150. The molecule has 106 valence electrons. The van der Waals surface area contributed by atoms with E-state index in [1.54, 1.807) is 0 Å². The molecular formula is C20H18BN. The molecule has 1 heterocycles. The zero-order valence-corrected chi connectivity index (χ0v) is 13.2. The summed E-state index contributed by atoms with van der Waals surface area (Å²) in [5.74, 6) is 0. The molecule has 0 aliphatic heterocycles. The van der Waals surface area contributed by atoms with Crippen molar-refractivity contribution >= 4 is 13.3 Å². The lowest BCUT2D eigenvalue weighted by Crippen LogP contribution is -2.17. The summed E-state index contributed by atoms with van der Waals surface area (Å²) in [6.07, 6.45) is 3.71. The first-order valence-corrected chi connectivity index (χ1v) is 7.74. The molecule has 2 heteroatoms. The lowest BCUT2D eigenvalue weighted by molar-refractivity contribution is 0.661. The lowest BCUT2D eigenvalue weighted by atomic mass is 9.80. The van der Waals surface area contributed by atoms with Crippen LogP contribution in [0.4, 0.5) is 0 Å². The highest BCUT2D eigenvalue weighted by Gasteiger charge is 2.35. The Labute approximate surface area is 132 Å². The third-order valence-electron chi connectivity index (χ3n) is 4.85. The van der Waals surface area contributed by atoms with E-state index >= 15 is 0 Å². The van der Waals surface area contributed by atoms with Gasteiger partial charge in [-0.05, 0) is 51.6 Å². The predicted molar refractivity (Wildman–Crippen MR) is 95.4 cm³/mol. The molecule has 0 amide bonds. The largest absolute Gasteiger partial charge is 0.265 e. The van der Waals surface area contributed by atoms with Gasteiger partial charge in [0.25, 0.3) is 0 Å². The second-order valence-electron chi connectivity index (χ2n) is 6.67. The van der Waals surface area contributed by atoms with Crippen molar-refractivity contribution in [2.45, 2.75) is 19.3 Å². The molecule has 1 nitrogen and oxygen atoms in total. The van der Waals surface area contributed by atoms with Crippen LogP contribution in [0.2, 0.25) is 0 Å². The first kappa shape index (κ1) is 13.3. The van der Waals surface area contributed by atoms with Crippen molar-refractivity contribution in [2.24, 2.45) is 0 Å². The normalized spacial score (nSPS) is 14.5. The maximum absolute atomic E-state index is 4.11. The topological polar surface area (TPSA) is 12.9 Å². The van der Waals surface area contributed by atoms with Crippen LogP contribution in [-0.4, -0.2) is 12.8 Å². The monoisotopic (exact) mass is 283 g/mol. The Morgan fingerprint density at radius 2 is 1.41 bits per heavy atom. The van der Waals surface area contributed by atoms with E-state index < -0.39 is 0 Å². The summed E-state index contributed by atoms with van der Waals surface area (Å²) in [5.41, 5.74) is 9.48. The zero-order valence-electron chi connectivity index (χ0n) is 13.2. The minimum absolute atomic E-state index is 0.0553. The summed E-state index contributed by atoms with van der Waals surface area (Å²) in [4.78, 5) is 4.11. The maximum Gasteiger partial charge on any atom is 0.139 e. The Bertz CT molecular complexity index is 866. The van der Waals surface area contributed by atoms with Crippen LogP contribution >= 0.6 is 0 Å². The van der Waals surface area contributed by atoms with Gasteiger partial charge in [0, 0.05) is 17.8 Å². The van der Waals surface area contributed by atoms with E-state index in [4.69, 9.17) is 0 Å². The van der Waals surface area contributed by atoms with Crippen molar-refractivity contribution < 1.29 is 0 Å². The molecule has 1 aliphatic rings. The van der Waals surface area contributed by atoms with Crippen LogP contribution in [0, 0.1) is 0 Å². The fourth-order valence-electron chi connectivity index (χ4n) is 3.58. The molecule has 22 heavy (non-hydrogen) atoms. The molecule has 0 unspecified atom stereocenters. The molecule has 1 aliphatic carbocycles. The Balaban J connectivity index is 1.93. The summed E-state index contributed by atoms with van der Waals surface area (Å²) in [7, 11) is 2.17. The van der Waals surface area contributed by atoms with E-state index in [-0.39, 0.29) is 5.41 Å². The molecule has 4 rings (SSSR count). The highest BCUT2D eigenvalue weighted by molar-refractivity contribution is 6.32. The number of fused-ring (bicyclic) bond motifs is 3. The smallest absolute Gasteiger partial charge is 0.139 e. The van der Waals surface area contributed by atoms with Crippen molar-refractivity contribution in [3.05, 3.63) is 72.1 Å². The van der Waals surface area contributed by atoms with Crippen molar-refractivity contribution in [2.75, 3.05) is 0 Å². The maximum atomic E-state index is 4.11. The van der Waals surface area contributed by atoms with Crippen LogP contribution in [0.1, 0.15) is 25.0 Å². The van der Waals surface area contributed by atoms with E-state index in [0.29, 0.717) is 0 Å². The molecule has 0 fully saturated rings. The standard InChI is InChI=1S/C20H18BN/c1-20(2)18-11-14(13-7-9-22-10-8-13)3-5-16(18)17-6-4-15(21)12-19(17)20/h3-12H,21H2,1-2H3.